The molecule has 0 aliphatic rings. The Kier molecular flexibility index (Phi) is 3.58. The third-order valence-electron chi connectivity index (χ3n) is 2.50. The summed E-state index contributed by atoms with van der Waals surface area (Å²) in [4.78, 5) is 2.44. The SMILES string of the molecule is Cc1ccc(C(Cl)c2ccc(C)c(Cl)c2)s1. The Morgan fingerprint density at radius 3 is 2.44 bits per heavy atom. The molecule has 0 fully saturated rings. The second-order valence-corrected chi connectivity index (χ2v) is 5.98. The molecule has 16 heavy (non-hydrogen) atoms. The largest absolute Gasteiger partial charge is 0.144 e. The summed E-state index contributed by atoms with van der Waals surface area (Å²) in [6.07, 6.45) is 0. The topological polar surface area (TPSA) is 0 Å². The normalized spacial score (nSPS) is 12.8. The van der Waals surface area contributed by atoms with E-state index in [1.165, 1.54) is 9.75 Å². The molecule has 2 rings (SSSR count). The number of benzene rings is 1. The highest BCUT2D eigenvalue weighted by Gasteiger charge is 2.13. The van der Waals surface area contributed by atoms with Gasteiger partial charge in [-0.1, -0.05) is 23.7 Å². The van der Waals surface area contributed by atoms with Gasteiger partial charge in [-0.25, -0.2) is 0 Å². The molecule has 0 N–H and O–H groups in total. The van der Waals surface area contributed by atoms with Gasteiger partial charge in [0, 0.05) is 14.8 Å². The summed E-state index contributed by atoms with van der Waals surface area (Å²) in [5, 5.41) is 0.674. The van der Waals surface area contributed by atoms with Gasteiger partial charge in [0.2, 0.25) is 0 Å². The van der Waals surface area contributed by atoms with E-state index in [4.69, 9.17) is 23.2 Å². The van der Waals surface area contributed by atoms with Gasteiger partial charge in [-0.2, -0.15) is 0 Å². The van der Waals surface area contributed by atoms with Crippen LogP contribution in [0.1, 0.15) is 26.3 Å². The van der Waals surface area contributed by atoms with E-state index in [2.05, 4.69) is 19.1 Å². The molecule has 0 aliphatic carbocycles. The molecule has 2 aromatic rings. The second-order valence-electron chi connectivity index (χ2n) is 3.82. The molecule has 0 spiro atoms. The Morgan fingerprint density at radius 2 is 1.88 bits per heavy atom. The molecule has 1 heterocycles. The maximum absolute atomic E-state index is 6.42. The Balaban J connectivity index is 2.33. The van der Waals surface area contributed by atoms with Crippen molar-refractivity contribution in [2.24, 2.45) is 0 Å². The molecule has 1 aromatic carbocycles. The highest BCUT2D eigenvalue weighted by molar-refractivity contribution is 7.12. The van der Waals surface area contributed by atoms with Crippen molar-refractivity contribution in [2.45, 2.75) is 19.2 Å². The van der Waals surface area contributed by atoms with Crippen LogP contribution in [0.25, 0.3) is 0 Å². The summed E-state index contributed by atoms with van der Waals surface area (Å²) in [7, 11) is 0. The van der Waals surface area contributed by atoms with E-state index >= 15 is 0 Å². The number of halogens is 2. The van der Waals surface area contributed by atoms with Gasteiger partial charge in [-0.15, -0.1) is 22.9 Å². The Labute approximate surface area is 110 Å². The van der Waals surface area contributed by atoms with E-state index in [9.17, 15) is 0 Å². The lowest BCUT2D eigenvalue weighted by Crippen LogP contribution is -1.90. The van der Waals surface area contributed by atoms with Crippen molar-refractivity contribution < 1.29 is 0 Å². The maximum Gasteiger partial charge on any atom is 0.0928 e. The van der Waals surface area contributed by atoms with Gasteiger partial charge in [0.1, 0.15) is 0 Å². The molecule has 0 amide bonds. The summed E-state index contributed by atoms with van der Waals surface area (Å²) in [5.41, 5.74) is 2.13. The van der Waals surface area contributed by atoms with Crippen molar-refractivity contribution in [3.8, 4) is 0 Å². The number of alkyl halides is 1. The molecule has 84 valence electrons. The number of hydrogen-bond acceptors (Lipinski definition) is 1. The van der Waals surface area contributed by atoms with Crippen LogP contribution in [-0.2, 0) is 0 Å². The first kappa shape index (κ1) is 12.0. The minimum atomic E-state index is -0.100. The molecule has 0 nitrogen and oxygen atoms in total. The quantitative estimate of drug-likeness (QED) is 0.646. The van der Waals surface area contributed by atoms with Crippen molar-refractivity contribution >= 4 is 34.5 Å². The van der Waals surface area contributed by atoms with Crippen molar-refractivity contribution in [1.29, 1.82) is 0 Å². The number of rotatable bonds is 2. The van der Waals surface area contributed by atoms with Gasteiger partial charge in [-0.3, -0.25) is 0 Å². The molecule has 0 radical (unpaired) electrons. The van der Waals surface area contributed by atoms with Crippen LogP contribution in [0.3, 0.4) is 0 Å². The molecule has 0 saturated heterocycles. The predicted octanol–water partition coefficient (Wildman–Crippen LogP) is 5.35. The van der Waals surface area contributed by atoms with E-state index in [0.29, 0.717) is 0 Å². The zero-order valence-electron chi connectivity index (χ0n) is 9.13. The highest BCUT2D eigenvalue weighted by Crippen LogP contribution is 2.34. The van der Waals surface area contributed by atoms with Gasteiger partial charge in [0.15, 0.2) is 0 Å². The van der Waals surface area contributed by atoms with Gasteiger partial charge >= 0.3 is 0 Å². The lowest BCUT2D eigenvalue weighted by atomic mass is 10.1. The second kappa shape index (κ2) is 4.79. The fourth-order valence-electron chi connectivity index (χ4n) is 1.52. The Bertz CT molecular complexity index is 502. The summed E-state index contributed by atoms with van der Waals surface area (Å²) < 4.78 is 0. The minimum Gasteiger partial charge on any atom is -0.144 e. The molecule has 3 heteroatoms. The lowest BCUT2D eigenvalue weighted by molar-refractivity contribution is 1.18. The highest BCUT2D eigenvalue weighted by atomic mass is 35.5. The van der Waals surface area contributed by atoms with Gasteiger partial charge in [-0.05, 0) is 43.2 Å². The van der Waals surface area contributed by atoms with E-state index < -0.39 is 0 Å². The Hall–Kier alpha value is -0.500. The molecule has 1 atom stereocenters. The average molecular weight is 271 g/mol. The molecular formula is C13H12Cl2S. The molecular weight excluding hydrogens is 259 g/mol. The van der Waals surface area contributed by atoms with E-state index in [0.717, 1.165) is 16.1 Å². The summed E-state index contributed by atoms with van der Waals surface area (Å²) in [6, 6.07) is 10.2. The van der Waals surface area contributed by atoms with Crippen molar-refractivity contribution in [1.82, 2.24) is 0 Å². The molecule has 1 aromatic heterocycles. The third kappa shape index (κ3) is 2.42. The summed E-state index contributed by atoms with van der Waals surface area (Å²) in [5.74, 6) is 0. The van der Waals surface area contributed by atoms with Gasteiger partial charge in [0.05, 0.1) is 5.38 Å². The van der Waals surface area contributed by atoms with Gasteiger partial charge < -0.3 is 0 Å². The van der Waals surface area contributed by atoms with E-state index in [1.807, 2.05) is 25.1 Å². The molecule has 0 bridgehead atoms. The van der Waals surface area contributed by atoms with Crippen LogP contribution in [0.4, 0.5) is 0 Å². The van der Waals surface area contributed by atoms with Crippen LogP contribution < -0.4 is 0 Å². The van der Waals surface area contributed by atoms with Crippen molar-refractivity contribution in [2.75, 3.05) is 0 Å². The average Bonchev–Trinajstić information content (AvgIpc) is 2.68. The first-order valence-corrected chi connectivity index (χ1v) is 6.67. The zero-order valence-corrected chi connectivity index (χ0v) is 11.5. The Morgan fingerprint density at radius 1 is 1.12 bits per heavy atom. The predicted molar refractivity (Wildman–Crippen MR) is 72.9 cm³/mol. The first-order valence-electron chi connectivity index (χ1n) is 5.04. The van der Waals surface area contributed by atoms with Crippen LogP contribution in [-0.4, -0.2) is 0 Å². The lowest BCUT2D eigenvalue weighted by Gasteiger charge is -2.09. The van der Waals surface area contributed by atoms with Crippen LogP contribution in [0.2, 0.25) is 5.02 Å². The summed E-state index contributed by atoms with van der Waals surface area (Å²) >= 11 is 14.2. The van der Waals surface area contributed by atoms with Crippen LogP contribution in [0.15, 0.2) is 30.3 Å². The monoisotopic (exact) mass is 270 g/mol. The van der Waals surface area contributed by atoms with Crippen LogP contribution in [0, 0.1) is 13.8 Å². The first-order chi connectivity index (χ1) is 7.58. The number of aryl methyl sites for hydroxylation is 2. The van der Waals surface area contributed by atoms with E-state index in [1.54, 1.807) is 11.3 Å². The zero-order chi connectivity index (χ0) is 11.7. The fraction of sp³-hybridized carbons (Fsp3) is 0.231. The number of hydrogen-bond donors (Lipinski definition) is 0. The number of thiophene rings is 1. The van der Waals surface area contributed by atoms with Crippen LogP contribution >= 0.6 is 34.5 Å². The molecule has 1 unspecified atom stereocenters. The minimum absolute atomic E-state index is 0.100. The van der Waals surface area contributed by atoms with Gasteiger partial charge in [0.25, 0.3) is 0 Å². The maximum atomic E-state index is 6.42. The molecule has 0 saturated carbocycles. The fourth-order valence-corrected chi connectivity index (χ4v) is 2.94. The van der Waals surface area contributed by atoms with Crippen molar-refractivity contribution in [3.05, 3.63) is 56.2 Å². The van der Waals surface area contributed by atoms with Crippen LogP contribution in [0.5, 0.6) is 0 Å². The smallest absolute Gasteiger partial charge is 0.0928 e. The standard InChI is InChI=1S/C13H12Cl2S/c1-8-3-5-10(7-11(8)14)13(15)12-6-4-9(2)16-12/h3-7,13H,1-2H3. The van der Waals surface area contributed by atoms with E-state index in [-0.39, 0.29) is 5.38 Å². The third-order valence-corrected chi connectivity index (χ3v) is 4.59. The molecule has 0 aliphatic heterocycles. The summed E-state index contributed by atoms with van der Waals surface area (Å²) in [6.45, 7) is 4.07. The van der Waals surface area contributed by atoms with Crippen molar-refractivity contribution in [3.63, 3.8) is 0 Å².